The monoisotopic (exact) mass is 327 g/mol. The second kappa shape index (κ2) is 5.30. The maximum absolute atomic E-state index is 12.3. The number of hydrogen-bond donors (Lipinski definition) is 2. The van der Waals surface area contributed by atoms with Crippen molar-refractivity contribution in [3.63, 3.8) is 0 Å². The highest BCUT2D eigenvalue weighted by Crippen LogP contribution is 2.46. The third-order valence-electron chi connectivity index (χ3n) is 4.47. The molecule has 24 heavy (non-hydrogen) atoms. The fourth-order valence-electron chi connectivity index (χ4n) is 3.35. The van der Waals surface area contributed by atoms with Gasteiger partial charge in [0.05, 0.1) is 25.5 Å². The van der Waals surface area contributed by atoms with Crippen molar-refractivity contribution >= 4 is 11.8 Å². The summed E-state index contributed by atoms with van der Waals surface area (Å²) >= 11 is 0. The average Bonchev–Trinajstić information content (AvgIpc) is 3.16. The van der Waals surface area contributed by atoms with E-state index < -0.39 is 0 Å². The SMILES string of the molecule is COc1ccc([C@H]2C3=C(COC3=O)Nc3n[nH]c(C)c32)cc1OC. The highest BCUT2D eigenvalue weighted by Gasteiger charge is 2.40. The number of esters is 1. The molecule has 7 heteroatoms. The zero-order valence-corrected chi connectivity index (χ0v) is 13.6. The molecule has 7 nitrogen and oxygen atoms in total. The van der Waals surface area contributed by atoms with Gasteiger partial charge < -0.3 is 19.5 Å². The van der Waals surface area contributed by atoms with Crippen molar-refractivity contribution in [2.75, 3.05) is 26.1 Å². The van der Waals surface area contributed by atoms with Crippen LogP contribution in [0.2, 0.25) is 0 Å². The van der Waals surface area contributed by atoms with Gasteiger partial charge in [-0.05, 0) is 24.6 Å². The smallest absolute Gasteiger partial charge is 0.337 e. The van der Waals surface area contributed by atoms with E-state index in [-0.39, 0.29) is 18.5 Å². The standard InChI is InChI=1S/C17H17N3O4/c1-8-13-14(9-4-5-11(22-2)12(6-9)23-3)15-10(7-24-17(15)21)18-16(13)20-19-8/h4-6,14H,7H2,1-3H3,(H2,18,19,20)/t14-/m1/s1. The summed E-state index contributed by atoms with van der Waals surface area (Å²) in [5.74, 6) is 1.42. The minimum absolute atomic E-state index is 0.239. The number of benzene rings is 1. The van der Waals surface area contributed by atoms with E-state index in [1.165, 1.54) is 0 Å². The van der Waals surface area contributed by atoms with Gasteiger partial charge in [0.1, 0.15) is 6.61 Å². The molecule has 0 aliphatic carbocycles. The molecule has 2 aliphatic rings. The first-order valence-corrected chi connectivity index (χ1v) is 7.58. The van der Waals surface area contributed by atoms with Gasteiger partial charge >= 0.3 is 5.97 Å². The molecule has 1 aromatic heterocycles. The van der Waals surface area contributed by atoms with Crippen molar-refractivity contribution in [2.45, 2.75) is 12.8 Å². The van der Waals surface area contributed by atoms with Crippen LogP contribution in [0.5, 0.6) is 11.5 Å². The topological polar surface area (TPSA) is 85.5 Å². The summed E-state index contributed by atoms with van der Waals surface area (Å²) in [6, 6.07) is 5.66. The summed E-state index contributed by atoms with van der Waals surface area (Å²) < 4.78 is 15.9. The number of carbonyl (C=O) groups excluding carboxylic acids is 1. The fraction of sp³-hybridized carbons (Fsp3) is 0.294. The minimum atomic E-state index is -0.302. The lowest BCUT2D eigenvalue weighted by atomic mass is 9.82. The molecule has 0 radical (unpaired) electrons. The summed E-state index contributed by atoms with van der Waals surface area (Å²) in [4.78, 5) is 12.3. The maximum Gasteiger partial charge on any atom is 0.337 e. The van der Waals surface area contributed by atoms with Gasteiger partial charge in [-0.25, -0.2) is 4.79 Å². The minimum Gasteiger partial charge on any atom is -0.493 e. The predicted molar refractivity (Wildman–Crippen MR) is 86.3 cm³/mol. The molecule has 1 aromatic carbocycles. The summed E-state index contributed by atoms with van der Waals surface area (Å²) in [6.07, 6.45) is 0. The number of ether oxygens (including phenoxy) is 3. The molecule has 2 aromatic rings. The molecule has 0 saturated carbocycles. The second-order valence-electron chi connectivity index (χ2n) is 5.75. The number of aromatic amines is 1. The van der Waals surface area contributed by atoms with Gasteiger partial charge in [0.2, 0.25) is 0 Å². The molecule has 2 aliphatic heterocycles. The lowest BCUT2D eigenvalue weighted by Gasteiger charge is -2.24. The number of aryl methyl sites for hydroxylation is 1. The number of nitrogens with zero attached hydrogens (tertiary/aromatic N) is 1. The Hall–Kier alpha value is -2.96. The molecule has 0 fully saturated rings. The Morgan fingerprint density at radius 1 is 1.25 bits per heavy atom. The predicted octanol–water partition coefficient (Wildman–Crippen LogP) is 2.10. The third kappa shape index (κ3) is 1.97. The van der Waals surface area contributed by atoms with Crippen LogP contribution in [0.15, 0.2) is 29.5 Å². The number of methoxy groups -OCH3 is 2. The van der Waals surface area contributed by atoms with Crippen LogP contribution in [-0.2, 0) is 9.53 Å². The van der Waals surface area contributed by atoms with Crippen LogP contribution in [0, 0.1) is 6.92 Å². The van der Waals surface area contributed by atoms with Crippen molar-refractivity contribution in [3.05, 3.63) is 46.3 Å². The molecule has 0 unspecified atom stereocenters. The molecular weight excluding hydrogens is 310 g/mol. The fourth-order valence-corrected chi connectivity index (χ4v) is 3.35. The van der Waals surface area contributed by atoms with Crippen molar-refractivity contribution in [1.82, 2.24) is 10.2 Å². The van der Waals surface area contributed by atoms with Gasteiger partial charge in [0.15, 0.2) is 17.3 Å². The Kier molecular flexibility index (Phi) is 3.23. The lowest BCUT2D eigenvalue weighted by Crippen LogP contribution is -2.19. The Bertz CT molecular complexity index is 869. The number of hydrogen-bond acceptors (Lipinski definition) is 6. The number of carbonyl (C=O) groups is 1. The number of anilines is 1. The lowest BCUT2D eigenvalue weighted by molar-refractivity contribution is -0.136. The second-order valence-corrected chi connectivity index (χ2v) is 5.75. The molecule has 4 rings (SSSR count). The van der Waals surface area contributed by atoms with Crippen LogP contribution in [0.25, 0.3) is 0 Å². The summed E-state index contributed by atoms with van der Waals surface area (Å²) in [5.41, 5.74) is 4.16. The van der Waals surface area contributed by atoms with Gasteiger partial charge in [0, 0.05) is 17.2 Å². The Morgan fingerprint density at radius 2 is 2.04 bits per heavy atom. The highest BCUT2D eigenvalue weighted by molar-refractivity contribution is 5.97. The normalized spacial score (nSPS) is 18.6. The summed E-state index contributed by atoms with van der Waals surface area (Å²) in [5, 5.41) is 10.5. The molecule has 0 amide bonds. The van der Waals surface area contributed by atoms with Gasteiger partial charge in [-0.1, -0.05) is 6.07 Å². The maximum atomic E-state index is 12.3. The summed E-state index contributed by atoms with van der Waals surface area (Å²) in [6.45, 7) is 2.18. The van der Waals surface area contributed by atoms with Gasteiger partial charge in [-0.3, -0.25) is 5.10 Å². The first-order valence-electron chi connectivity index (χ1n) is 7.58. The van der Waals surface area contributed by atoms with Crippen LogP contribution in [0.1, 0.15) is 22.7 Å². The zero-order chi connectivity index (χ0) is 16.8. The molecule has 2 N–H and O–H groups in total. The zero-order valence-electron chi connectivity index (χ0n) is 13.6. The number of fused-ring (bicyclic) bond motifs is 1. The molecular formula is C17H17N3O4. The first-order chi connectivity index (χ1) is 11.6. The van der Waals surface area contributed by atoms with Crippen LogP contribution >= 0.6 is 0 Å². The van der Waals surface area contributed by atoms with E-state index in [4.69, 9.17) is 14.2 Å². The number of rotatable bonds is 3. The van der Waals surface area contributed by atoms with Crippen LogP contribution in [-0.4, -0.2) is 37.0 Å². The van der Waals surface area contributed by atoms with Crippen LogP contribution < -0.4 is 14.8 Å². The quantitative estimate of drug-likeness (QED) is 0.840. The van der Waals surface area contributed by atoms with Crippen molar-refractivity contribution in [1.29, 1.82) is 0 Å². The van der Waals surface area contributed by atoms with Crippen molar-refractivity contribution in [3.8, 4) is 11.5 Å². The van der Waals surface area contributed by atoms with Gasteiger partial charge in [0.25, 0.3) is 0 Å². The largest absolute Gasteiger partial charge is 0.493 e. The van der Waals surface area contributed by atoms with E-state index in [2.05, 4.69) is 15.5 Å². The van der Waals surface area contributed by atoms with Crippen LogP contribution in [0.3, 0.4) is 0 Å². The summed E-state index contributed by atoms with van der Waals surface area (Å²) in [7, 11) is 3.18. The molecule has 124 valence electrons. The number of H-pyrrole nitrogens is 1. The van der Waals surface area contributed by atoms with E-state index in [1.54, 1.807) is 14.2 Å². The van der Waals surface area contributed by atoms with E-state index in [1.807, 2.05) is 25.1 Å². The van der Waals surface area contributed by atoms with E-state index in [0.29, 0.717) is 17.1 Å². The average molecular weight is 327 g/mol. The van der Waals surface area contributed by atoms with Crippen molar-refractivity contribution in [2.24, 2.45) is 0 Å². The first kappa shape index (κ1) is 14.6. The molecule has 1 atom stereocenters. The van der Waals surface area contributed by atoms with Crippen LogP contribution in [0.4, 0.5) is 5.82 Å². The van der Waals surface area contributed by atoms with Crippen molar-refractivity contribution < 1.29 is 19.0 Å². The van der Waals surface area contributed by atoms with E-state index >= 15 is 0 Å². The molecule has 0 spiro atoms. The number of aromatic nitrogens is 2. The number of nitrogens with one attached hydrogen (secondary N) is 2. The molecule has 3 heterocycles. The molecule has 0 bridgehead atoms. The Balaban J connectivity index is 1.91. The number of cyclic esters (lactones) is 1. The Labute approximate surface area is 138 Å². The third-order valence-corrected chi connectivity index (χ3v) is 4.47. The molecule has 0 saturated heterocycles. The van der Waals surface area contributed by atoms with Gasteiger partial charge in [-0.15, -0.1) is 0 Å². The van der Waals surface area contributed by atoms with E-state index in [0.717, 1.165) is 28.3 Å². The van der Waals surface area contributed by atoms with E-state index in [9.17, 15) is 4.79 Å². The Morgan fingerprint density at radius 3 is 2.79 bits per heavy atom. The van der Waals surface area contributed by atoms with Gasteiger partial charge in [-0.2, -0.15) is 5.10 Å². The highest BCUT2D eigenvalue weighted by atomic mass is 16.5.